The maximum absolute atomic E-state index is 12.4. The number of hydrogen-bond acceptors (Lipinski definition) is 6. The molecule has 0 saturated carbocycles. The van der Waals surface area contributed by atoms with Crippen molar-refractivity contribution in [2.24, 2.45) is 5.92 Å². The summed E-state index contributed by atoms with van der Waals surface area (Å²) in [6.07, 6.45) is 5.37. The van der Waals surface area contributed by atoms with Crippen LogP contribution in [-0.4, -0.2) is 63.0 Å². The van der Waals surface area contributed by atoms with Crippen LogP contribution in [0.3, 0.4) is 0 Å². The Bertz CT molecular complexity index is 645. The molecule has 1 saturated heterocycles. The van der Waals surface area contributed by atoms with Crippen molar-refractivity contribution in [3.05, 3.63) is 36.5 Å². The van der Waals surface area contributed by atoms with Gasteiger partial charge in [-0.2, -0.15) is 0 Å². The number of pyridine rings is 1. The zero-order valence-corrected chi connectivity index (χ0v) is 16.9. The second-order valence-corrected chi connectivity index (χ2v) is 7.65. The average Bonchev–Trinajstić information content (AvgIpc) is 3.17. The highest BCUT2D eigenvalue weighted by Crippen LogP contribution is 2.26. The number of likely N-dealkylation sites (tertiary alicyclic amines) is 1. The van der Waals surface area contributed by atoms with Crippen molar-refractivity contribution < 1.29 is 24.6 Å². The van der Waals surface area contributed by atoms with E-state index in [1.165, 1.54) is 12.8 Å². The standard InChI is InChI=1S/C15H23N3OS.C4H4O4/c1-12(2)14(20-13-7-3-4-8-16-13)15(19)17-11-18-9-5-6-10-18;5-3(6)1-2-4(7)8/h3-4,7-8,12,14H,5-6,9-11H2,1-2H3,(H,17,19);1-2H,(H,5,6)(H,7,8). The molecule has 1 atom stereocenters. The van der Waals surface area contributed by atoms with Gasteiger partial charge in [0.2, 0.25) is 5.91 Å². The number of carbonyl (C=O) groups excluding carboxylic acids is 1. The summed E-state index contributed by atoms with van der Waals surface area (Å²) in [4.78, 5) is 38.1. The predicted molar refractivity (Wildman–Crippen MR) is 107 cm³/mol. The first-order valence-corrected chi connectivity index (χ1v) is 9.89. The summed E-state index contributed by atoms with van der Waals surface area (Å²) in [6.45, 7) is 7.02. The smallest absolute Gasteiger partial charge is 0.328 e. The van der Waals surface area contributed by atoms with Crippen LogP contribution in [0.1, 0.15) is 26.7 Å². The summed E-state index contributed by atoms with van der Waals surface area (Å²) in [5.41, 5.74) is 0. The number of amides is 1. The summed E-state index contributed by atoms with van der Waals surface area (Å²) in [5.74, 6) is -2.12. The lowest BCUT2D eigenvalue weighted by Gasteiger charge is -2.22. The highest BCUT2D eigenvalue weighted by atomic mass is 32.2. The largest absolute Gasteiger partial charge is 0.478 e. The number of aromatic nitrogens is 1. The van der Waals surface area contributed by atoms with Crippen LogP contribution in [0, 0.1) is 5.92 Å². The number of carboxylic acids is 2. The highest BCUT2D eigenvalue weighted by Gasteiger charge is 2.24. The van der Waals surface area contributed by atoms with Crippen molar-refractivity contribution in [1.29, 1.82) is 0 Å². The molecule has 3 N–H and O–H groups in total. The van der Waals surface area contributed by atoms with Gasteiger partial charge in [0, 0.05) is 18.3 Å². The molecule has 1 aliphatic rings. The number of aliphatic carboxylic acids is 2. The van der Waals surface area contributed by atoms with Crippen LogP contribution in [-0.2, 0) is 14.4 Å². The van der Waals surface area contributed by atoms with E-state index in [9.17, 15) is 14.4 Å². The molecule has 154 valence electrons. The quantitative estimate of drug-likeness (QED) is 0.441. The van der Waals surface area contributed by atoms with Gasteiger partial charge >= 0.3 is 11.9 Å². The van der Waals surface area contributed by atoms with Crippen LogP contribution < -0.4 is 5.32 Å². The Morgan fingerprint density at radius 1 is 1.18 bits per heavy atom. The maximum atomic E-state index is 12.4. The van der Waals surface area contributed by atoms with Gasteiger partial charge in [0.05, 0.1) is 16.9 Å². The lowest BCUT2D eigenvalue weighted by atomic mass is 10.1. The molecule has 2 heterocycles. The summed E-state index contributed by atoms with van der Waals surface area (Å²) >= 11 is 1.55. The van der Waals surface area contributed by atoms with Gasteiger partial charge in [-0.25, -0.2) is 14.6 Å². The van der Waals surface area contributed by atoms with Gasteiger partial charge in [0.25, 0.3) is 0 Å². The third kappa shape index (κ3) is 10.1. The topological polar surface area (TPSA) is 120 Å². The van der Waals surface area contributed by atoms with Gasteiger partial charge in [0.1, 0.15) is 0 Å². The van der Waals surface area contributed by atoms with E-state index in [4.69, 9.17) is 10.2 Å². The first-order valence-electron chi connectivity index (χ1n) is 9.01. The number of nitrogens with one attached hydrogen (secondary N) is 1. The van der Waals surface area contributed by atoms with Crippen LogP contribution in [0.25, 0.3) is 0 Å². The molecule has 1 aromatic heterocycles. The van der Waals surface area contributed by atoms with Crippen LogP contribution in [0.5, 0.6) is 0 Å². The van der Waals surface area contributed by atoms with Crippen LogP contribution in [0.15, 0.2) is 41.6 Å². The van der Waals surface area contributed by atoms with Crippen LogP contribution in [0.2, 0.25) is 0 Å². The third-order valence-electron chi connectivity index (χ3n) is 3.79. The first kappa shape index (κ1) is 23.6. The fourth-order valence-corrected chi connectivity index (χ4v) is 3.41. The van der Waals surface area contributed by atoms with Crippen LogP contribution >= 0.6 is 11.8 Å². The van der Waals surface area contributed by atoms with Gasteiger partial charge < -0.3 is 15.5 Å². The zero-order chi connectivity index (χ0) is 20.9. The minimum absolute atomic E-state index is 0.0903. The van der Waals surface area contributed by atoms with Gasteiger partial charge in [0.15, 0.2) is 0 Å². The molecule has 0 radical (unpaired) electrons. The normalized spacial score (nSPS) is 15.1. The molecule has 1 fully saturated rings. The van der Waals surface area contributed by atoms with E-state index in [-0.39, 0.29) is 17.1 Å². The molecule has 1 aliphatic heterocycles. The van der Waals surface area contributed by atoms with Crippen molar-refractivity contribution in [2.75, 3.05) is 19.8 Å². The highest BCUT2D eigenvalue weighted by molar-refractivity contribution is 8.00. The molecule has 9 heteroatoms. The minimum atomic E-state index is -1.26. The van der Waals surface area contributed by atoms with Crippen LogP contribution in [0.4, 0.5) is 0 Å². The average molecular weight is 410 g/mol. The molecule has 1 unspecified atom stereocenters. The Morgan fingerprint density at radius 2 is 1.79 bits per heavy atom. The fourth-order valence-electron chi connectivity index (χ4n) is 2.41. The van der Waals surface area contributed by atoms with Gasteiger partial charge in [-0.3, -0.25) is 9.69 Å². The van der Waals surface area contributed by atoms with E-state index in [1.54, 1.807) is 18.0 Å². The summed E-state index contributed by atoms with van der Waals surface area (Å²) < 4.78 is 0. The molecule has 1 aromatic rings. The Balaban J connectivity index is 0.000000416. The number of carboxylic acid groups (broad SMARTS) is 2. The van der Waals surface area contributed by atoms with E-state index in [0.717, 1.165) is 18.1 Å². The lowest BCUT2D eigenvalue weighted by molar-refractivity contribution is -0.134. The number of carbonyl (C=O) groups is 3. The summed E-state index contributed by atoms with van der Waals surface area (Å²) in [5, 5.41) is 19.5. The van der Waals surface area contributed by atoms with E-state index < -0.39 is 11.9 Å². The summed E-state index contributed by atoms with van der Waals surface area (Å²) in [6, 6.07) is 5.80. The SMILES string of the molecule is CC(C)C(Sc1ccccn1)C(=O)NCN1CCCC1.O=C(O)C=CC(=O)O. The molecule has 2 rings (SSSR count). The Morgan fingerprint density at radius 3 is 2.25 bits per heavy atom. The van der Waals surface area contributed by atoms with E-state index in [2.05, 4.69) is 29.0 Å². The molecular weight excluding hydrogens is 382 g/mol. The number of thioether (sulfide) groups is 1. The van der Waals surface area contributed by atoms with Gasteiger partial charge in [-0.1, -0.05) is 31.7 Å². The predicted octanol–water partition coefficient (Wildman–Crippen LogP) is 2.08. The molecule has 0 spiro atoms. The maximum Gasteiger partial charge on any atom is 0.328 e. The van der Waals surface area contributed by atoms with E-state index >= 15 is 0 Å². The Kier molecular flexibility index (Phi) is 10.9. The second-order valence-electron chi connectivity index (χ2n) is 6.48. The van der Waals surface area contributed by atoms with E-state index in [1.807, 2.05) is 18.2 Å². The Labute approximate surface area is 169 Å². The molecule has 8 nitrogen and oxygen atoms in total. The second kappa shape index (κ2) is 12.9. The zero-order valence-electron chi connectivity index (χ0n) is 16.1. The Hall–Kier alpha value is -2.39. The van der Waals surface area contributed by atoms with Crippen molar-refractivity contribution in [3.8, 4) is 0 Å². The summed E-state index contributed by atoms with van der Waals surface area (Å²) in [7, 11) is 0. The van der Waals surface area contributed by atoms with E-state index in [0.29, 0.717) is 18.8 Å². The van der Waals surface area contributed by atoms with Crippen molar-refractivity contribution in [2.45, 2.75) is 37.0 Å². The number of nitrogens with zero attached hydrogens (tertiary/aromatic N) is 2. The fraction of sp³-hybridized carbons (Fsp3) is 0.474. The monoisotopic (exact) mass is 409 g/mol. The molecule has 1 amide bonds. The van der Waals surface area contributed by atoms with Crippen molar-refractivity contribution >= 4 is 29.6 Å². The molecular formula is C19H27N3O5S. The molecule has 28 heavy (non-hydrogen) atoms. The van der Waals surface area contributed by atoms with Crippen molar-refractivity contribution in [1.82, 2.24) is 15.2 Å². The number of hydrogen-bond donors (Lipinski definition) is 3. The molecule has 0 bridgehead atoms. The minimum Gasteiger partial charge on any atom is -0.478 e. The van der Waals surface area contributed by atoms with Gasteiger partial charge in [-0.15, -0.1) is 0 Å². The lowest BCUT2D eigenvalue weighted by Crippen LogP contribution is -2.41. The first-order chi connectivity index (χ1) is 13.3. The van der Waals surface area contributed by atoms with Crippen molar-refractivity contribution in [3.63, 3.8) is 0 Å². The number of rotatable bonds is 8. The van der Waals surface area contributed by atoms with Gasteiger partial charge in [-0.05, 0) is 44.0 Å². The molecule has 0 aliphatic carbocycles. The molecule has 0 aromatic carbocycles. The third-order valence-corrected chi connectivity index (χ3v) is 5.29.